The first-order valence-electron chi connectivity index (χ1n) is 4.05. The summed E-state index contributed by atoms with van der Waals surface area (Å²) in [5, 5.41) is 10.0. The van der Waals surface area contributed by atoms with E-state index in [1.54, 1.807) is 0 Å². The van der Waals surface area contributed by atoms with E-state index in [1.165, 1.54) is 4.31 Å². The summed E-state index contributed by atoms with van der Waals surface area (Å²) in [7, 11) is -3.47. The Hall–Kier alpha value is -0.660. The zero-order chi connectivity index (χ0) is 9.90. The predicted molar refractivity (Wildman–Crippen MR) is 41.5 cm³/mol. The molecule has 1 rings (SSSR count). The van der Waals surface area contributed by atoms with E-state index in [0.717, 1.165) is 17.6 Å². The van der Waals surface area contributed by atoms with Crippen molar-refractivity contribution in [1.29, 1.82) is 0 Å². The van der Waals surface area contributed by atoms with E-state index in [9.17, 15) is 18.3 Å². The summed E-state index contributed by atoms with van der Waals surface area (Å²) >= 11 is 0. The molecule has 1 heterocycles. The number of carbonyl (C=O) groups excluding carboxylic acids is 1. The van der Waals surface area contributed by atoms with E-state index in [1.807, 2.05) is 0 Å². The molecule has 1 saturated heterocycles. The lowest BCUT2D eigenvalue weighted by atomic mass is 10.4. The topological polar surface area (TPSA) is 94.1 Å². The molecular weight excluding hydrogens is 196 g/mol. The van der Waals surface area contributed by atoms with Crippen molar-refractivity contribution in [1.82, 2.24) is 4.31 Å². The first-order valence-corrected chi connectivity index (χ1v) is 5.56. The number of carboxylic acids is 1. The lowest BCUT2D eigenvalue weighted by Crippen LogP contribution is -2.92. The largest absolute Gasteiger partial charge is 0.544 e. The van der Waals surface area contributed by atoms with E-state index in [0.29, 0.717) is 13.1 Å². The highest BCUT2D eigenvalue weighted by Gasteiger charge is 2.27. The first-order chi connectivity index (χ1) is 6.02. The van der Waals surface area contributed by atoms with Crippen molar-refractivity contribution in [2.24, 2.45) is 0 Å². The Morgan fingerprint density at radius 3 is 2.38 bits per heavy atom. The molecule has 76 valence electrons. The lowest BCUT2D eigenvalue weighted by Gasteiger charge is -2.12. The molecule has 1 aliphatic rings. The molecule has 0 aromatic carbocycles. The molecule has 1 fully saturated rings. The van der Waals surface area contributed by atoms with Crippen LogP contribution in [-0.4, -0.2) is 38.3 Å². The number of nitrogens with zero attached hydrogens (tertiary/aromatic N) is 1. The second kappa shape index (κ2) is 4.03. The van der Waals surface area contributed by atoms with Crippen LogP contribution in [0.3, 0.4) is 0 Å². The normalized spacial score (nSPS) is 19.1. The van der Waals surface area contributed by atoms with Gasteiger partial charge in [-0.1, -0.05) is 0 Å². The van der Waals surface area contributed by atoms with Gasteiger partial charge in [0.2, 0.25) is 0 Å². The van der Waals surface area contributed by atoms with Crippen molar-refractivity contribution in [3.8, 4) is 0 Å². The monoisotopic (exact) mass is 208 g/mol. The molecular formula is C6H12N2O4S. The summed E-state index contributed by atoms with van der Waals surface area (Å²) < 4.78 is 24.7. The molecule has 13 heavy (non-hydrogen) atoms. The van der Waals surface area contributed by atoms with E-state index < -0.39 is 22.7 Å². The van der Waals surface area contributed by atoms with Gasteiger partial charge in [-0.15, -0.1) is 0 Å². The van der Waals surface area contributed by atoms with Gasteiger partial charge < -0.3 is 9.90 Å². The number of quaternary nitrogens is 1. The average Bonchev–Trinajstić information content (AvgIpc) is 2.53. The number of hydrogen-bond acceptors (Lipinski definition) is 4. The fourth-order valence-corrected chi connectivity index (χ4v) is 2.55. The lowest BCUT2D eigenvalue weighted by molar-refractivity contribution is -0.503. The van der Waals surface area contributed by atoms with Crippen molar-refractivity contribution in [3.05, 3.63) is 0 Å². The van der Waals surface area contributed by atoms with E-state index in [4.69, 9.17) is 0 Å². The maximum Gasteiger partial charge on any atom is 0.369 e. The Labute approximate surface area is 76.7 Å². The molecule has 0 unspecified atom stereocenters. The minimum Gasteiger partial charge on any atom is -0.544 e. The van der Waals surface area contributed by atoms with Crippen molar-refractivity contribution in [3.63, 3.8) is 0 Å². The van der Waals surface area contributed by atoms with Crippen molar-refractivity contribution in [2.75, 3.05) is 19.6 Å². The molecule has 0 aromatic rings. The van der Waals surface area contributed by atoms with Gasteiger partial charge in [0, 0.05) is 13.1 Å². The standard InChI is InChI=1S/C6H12N2O4S/c9-6(10)5-7-13(11,12)8-3-1-2-4-8/h7H,1-5H2,(H,9,10). The van der Waals surface area contributed by atoms with Gasteiger partial charge in [0.05, 0.1) is 5.97 Å². The molecule has 6 nitrogen and oxygen atoms in total. The zero-order valence-corrected chi connectivity index (χ0v) is 7.92. The highest BCUT2D eigenvalue weighted by Crippen LogP contribution is 2.08. The number of carboxylic acid groups (broad SMARTS) is 1. The van der Waals surface area contributed by atoms with Crippen LogP contribution in [0.25, 0.3) is 0 Å². The van der Waals surface area contributed by atoms with Crippen LogP contribution in [0.15, 0.2) is 0 Å². The molecule has 7 heteroatoms. The third-order valence-corrected chi connectivity index (χ3v) is 3.56. The predicted octanol–water partition coefficient (Wildman–Crippen LogP) is -3.36. The Kier molecular flexibility index (Phi) is 3.23. The zero-order valence-electron chi connectivity index (χ0n) is 7.10. The molecule has 0 amide bonds. The van der Waals surface area contributed by atoms with Crippen LogP contribution in [0.4, 0.5) is 0 Å². The van der Waals surface area contributed by atoms with Crippen LogP contribution in [0.1, 0.15) is 12.8 Å². The molecule has 1 aliphatic heterocycles. The van der Waals surface area contributed by atoms with Gasteiger partial charge in [0.15, 0.2) is 0 Å². The summed E-state index contributed by atoms with van der Waals surface area (Å²) in [5.74, 6) is -1.37. The Morgan fingerprint density at radius 2 is 1.92 bits per heavy atom. The summed E-state index contributed by atoms with van der Waals surface area (Å²) in [5.41, 5.74) is 0. The minimum absolute atomic E-state index is 0.492. The fraction of sp³-hybridized carbons (Fsp3) is 0.833. The van der Waals surface area contributed by atoms with Gasteiger partial charge in [-0.3, -0.25) is 0 Å². The molecule has 0 aliphatic carbocycles. The number of carbonyl (C=O) groups is 1. The van der Waals surface area contributed by atoms with Gasteiger partial charge >= 0.3 is 10.2 Å². The molecule has 0 aromatic heterocycles. The van der Waals surface area contributed by atoms with Crippen LogP contribution in [-0.2, 0) is 15.0 Å². The third-order valence-electron chi connectivity index (χ3n) is 1.89. The Balaban J connectivity index is 2.50. The highest BCUT2D eigenvalue weighted by atomic mass is 32.2. The van der Waals surface area contributed by atoms with Gasteiger partial charge in [-0.05, 0) is 12.8 Å². The number of nitrogens with two attached hydrogens (primary N) is 1. The maximum atomic E-state index is 11.3. The van der Waals surface area contributed by atoms with Crippen LogP contribution in [0, 0.1) is 0 Å². The van der Waals surface area contributed by atoms with Crippen molar-refractivity contribution in [2.45, 2.75) is 12.8 Å². The highest BCUT2D eigenvalue weighted by molar-refractivity contribution is 7.82. The quantitative estimate of drug-likeness (QED) is 0.522. The second-order valence-electron chi connectivity index (χ2n) is 2.89. The van der Waals surface area contributed by atoms with Crippen LogP contribution in [0.2, 0.25) is 0 Å². The first kappa shape index (κ1) is 10.4. The second-order valence-corrected chi connectivity index (χ2v) is 4.77. The number of hydrogen-bond donors (Lipinski definition) is 1. The molecule has 0 spiro atoms. The summed E-state index contributed by atoms with van der Waals surface area (Å²) in [6, 6.07) is 0. The minimum atomic E-state index is -3.47. The molecule has 0 radical (unpaired) electrons. The number of rotatable bonds is 4. The third kappa shape index (κ3) is 2.94. The van der Waals surface area contributed by atoms with Gasteiger partial charge in [0.25, 0.3) is 0 Å². The van der Waals surface area contributed by atoms with Crippen LogP contribution >= 0.6 is 0 Å². The van der Waals surface area contributed by atoms with E-state index in [-0.39, 0.29) is 0 Å². The van der Waals surface area contributed by atoms with Crippen molar-refractivity contribution < 1.29 is 23.0 Å². The molecule has 2 N–H and O–H groups in total. The van der Waals surface area contributed by atoms with Crippen LogP contribution in [0.5, 0.6) is 0 Å². The summed E-state index contributed by atoms with van der Waals surface area (Å²) in [6.45, 7) is 0.441. The molecule has 0 atom stereocenters. The van der Waals surface area contributed by atoms with Crippen molar-refractivity contribution >= 4 is 16.2 Å². The maximum absolute atomic E-state index is 11.3. The van der Waals surface area contributed by atoms with E-state index in [2.05, 4.69) is 0 Å². The smallest absolute Gasteiger partial charge is 0.369 e. The van der Waals surface area contributed by atoms with E-state index >= 15 is 0 Å². The van der Waals surface area contributed by atoms with Gasteiger partial charge in [0.1, 0.15) is 6.54 Å². The number of aliphatic carboxylic acids is 1. The van der Waals surface area contributed by atoms with Gasteiger partial charge in [-0.2, -0.15) is 12.7 Å². The average molecular weight is 208 g/mol. The Morgan fingerprint density at radius 1 is 1.38 bits per heavy atom. The molecule has 0 saturated carbocycles. The SMILES string of the molecule is O=C([O-])C[NH2+]S(=O)(=O)N1CCCC1. The molecule has 0 bridgehead atoms. The van der Waals surface area contributed by atoms with Crippen LogP contribution < -0.4 is 9.83 Å². The summed E-state index contributed by atoms with van der Waals surface area (Å²) in [4.78, 5) is 10.0. The summed E-state index contributed by atoms with van der Waals surface area (Å²) in [6.07, 6.45) is 1.69. The Bertz CT molecular complexity index is 281. The van der Waals surface area contributed by atoms with Gasteiger partial charge in [-0.25, -0.2) is 4.72 Å². The fourth-order valence-electron chi connectivity index (χ4n) is 1.22.